The number of fused-ring (bicyclic) bond motifs is 2. The number of aryl methyl sites for hydroxylation is 3. The molecule has 0 fully saturated rings. The van der Waals surface area contributed by atoms with E-state index in [-0.39, 0.29) is 41.1 Å². The molecule has 0 N–H and O–H groups in total. The quantitative estimate of drug-likeness (QED) is 0.636. The SMILES string of the molecule is C[c-]1ccc2cc3c(cc21)CCC3.[CH3-].[CH3-].[Zr+3]. The van der Waals surface area contributed by atoms with Crippen molar-refractivity contribution in [2.45, 2.75) is 26.2 Å². The molecular formula is C15H19Zr. The Hall–Kier alpha value is -0.287. The van der Waals surface area contributed by atoms with Crippen molar-refractivity contribution < 1.29 is 26.2 Å². The summed E-state index contributed by atoms with van der Waals surface area (Å²) in [4.78, 5) is 0. The van der Waals surface area contributed by atoms with Gasteiger partial charge < -0.3 is 14.9 Å². The molecule has 0 saturated carbocycles. The maximum atomic E-state index is 2.40. The zero-order chi connectivity index (χ0) is 8.84. The van der Waals surface area contributed by atoms with Crippen molar-refractivity contribution in [1.29, 1.82) is 0 Å². The zero-order valence-electron chi connectivity index (χ0n) is 10.4. The largest absolute Gasteiger partial charge is 3.00 e. The topological polar surface area (TPSA) is 0 Å². The summed E-state index contributed by atoms with van der Waals surface area (Å²) >= 11 is 0. The van der Waals surface area contributed by atoms with Gasteiger partial charge in [0.25, 0.3) is 0 Å². The van der Waals surface area contributed by atoms with Gasteiger partial charge in [-0.3, -0.25) is 0 Å². The van der Waals surface area contributed by atoms with E-state index in [2.05, 4.69) is 31.2 Å². The van der Waals surface area contributed by atoms with Gasteiger partial charge in [-0.2, -0.15) is 12.1 Å². The second-order valence-corrected chi connectivity index (χ2v) is 4.08. The summed E-state index contributed by atoms with van der Waals surface area (Å²) in [5, 5.41) is 2.89. The molecule has 16 heavy (non-hydrogen) atoms. The number of hydrogen-bond acceptors (Lipinski definition) is 0. The van der Waals surface area contributed by atoms with E-state index in [4.69, 9.17) is 0 Å². The molecule has 1 radical (unpaired) electrons. The number of benzene rings is 1. The number of rotatable bonds is 0. The maximum absolute atomic E-state index is 2.40. The molecule has 1 aliphatic rings. The van der Waals surface area contributed by atoms with E-state index in [1.165, 1.54) is 35.6 Å². The van der Waals surface area contributed by atoms with Crippen molar-refractivity contribution in [2.24, 2.45) is 0 Å². The van der Waals surface area contributed by atoms with Gasteiger partial charge in [-0.15, -0.1) is 28.5 Å². The standard InChI is InChI=1S/C13H13.2CH3.Zr/c1-9-5-6-12-7-10-3-2-4-11(10)8-13(9)12;;;/h5-8H,2-4H2,1H3;2*1H3;/q3*-1;+3. The smallest absolute Gasteiger partial charge is 0.358 e. The Morgan fingerprint density at radius 3 is 2.38 bits per heavy atom. The van der Waals surface area contributed by atoms with E-state index in [9.17, 15) is 0 Å². The van der Waals surface area contributed by atoms with Crippen LogP contribution in [0.2, 0.25) is 0 Å². The van der Waals surface area contributed by atoms with Gasteiger partial charge in [-0.25, -0.2) is 0 Å². The summed E-state index contributed by atoms with van der Waals surface area (Å²) in [7, 11) is 0. The Kier molecular flexibility index (Phi) is 5.76. The van der Waals surface area contributed by atoms with Crippen LogP contribution in [-0.2, 0) is 39.0 Å². The first-order chi connectivity index (χ1) is 6.34. The molecule has 0 nitrogen and oxygen atoms in total. The maximum Gasteiger partial charge on any atom is 3.00 e. The molecule has 0 atom stereocenters. The van der Waals surface area contributed by atoms with E-state index in [1.807, 2.05) is 0 Å². The predicted octanol–water partition coefficient (Wildman–Crippen LogP) is 4.25. The van der Waals surface area contributed by atoms with Crippen LogP contribution >= 0.6 is 0 Å². The average Bonchev–Trinajstić information content (AvgIpc) is 2.70. The van der Waals surface area contributed by atoms with Crippen LogP contribution in [0.1, 0.15) is 23.1 Å². The molecule has 0 amide bonds. The molecule has 2 aromatic rings. The van der Waals surface area contributed by atoms with Gasteiger partial charge in [0.2, 0.25) is 0 Å². The third kappa shape index (κ3) is 2.35. The molecule has 2 aromatic carbocycles. The van der Waals surface area contributed by atoms with Gasteiger partial charge in [0, 0.05) is 0 Å². The first-order valence-corrected chi connectivity index (χ1v) is 5.02. The fourth-order valence-electron chi connectivity index (χ4n) is 2.43. The Labute approximate surface area is 119 Å². The number of hydrogen-bond donors (Lipinski definition) is 0. The molecule has 0 heterocycles. The molecule has 0 unspecified atom stereocenters. The minimum atomic E-state index is 0. The van der Waals surface area contributed by atoms with Gasteiger partial charge >= 0.3 is 26.2 Å². The van der Waals surface area contributed by atoms with E-state index in [0.717, 1.165) is 0 Å². The summed E-state index contributed by atoms with van der Waals surface area (Å²) in [6.45, 7) is 2.20. The average molecular weight is 291 g/mol. The van der Waals surface area contributed by atoms with Gasteiger partial charge in [-0.1, -0.05) is 18.1 Å². The first-order valence-electron chi connectivity index (χ1n) is 5.02. The molecule has 0 saturated heterocycles. The molecule has 1 heteroatoms. The summed E-state index contributed by atoms with van der Waals surface area (Å²) in [5.41, 5.74) is 4.59. The summed E-state index contributed by atoms with van der Waals surface area (Å²) in [6, 6.07) is 9.24. The third-order valence-corrected chi connectivity index (χ3v) is 3.20. The molecule has 1 aliphatic carbocycles. The molecule has 3 rings (SSSR count). The minimum absolute atomic E-state index is 0. The van der Waals surface area contributed by atoms with Crippen LogP contribution in [0.5, 0.6) is 0 Å². The fraction of sp³-hybridized carbons (Fsp3) is 0.267. The van der Waals surface area contributed by atoms with Crippen LogP contribution in [0.4, 0.5) is 0 Å². The fourth-order valence-corrected chi connectivity index (χ4v) is 2.43. The summed E-state index contributed by atoms with van der Waals surface area (Å²) in [5.74, 6) is 0. The molecule has 0 aliphatic heterocycles. The van der Waals surface area contributed by atoms with Crippen LogP contribution in [0, 0.1) is 21.8 Å². The van der Waals surface area contributed by atoms with E-state index < -0.39 is 0 Å². The third-order valence-electron chi connectivity index (χ3n) is 3.20. The van der Waals surface area contributed by atoms with Gasteiger partial charge in [0.1, 0.15) is 0 Å². The van der Waals surface area contributed by atoms with Gasteiger partial charge in [-0.05, 0) is 19.3 Å². The van der Waals surface area contributed by atoms with Crippen molar-refractivity contribution in [3.05, 3.63) is 55.8 Å². The Morgan fingerprint density at radius 2 is 1.69 bits per heavy atom. The molecule has 83 valence electrons. The van der Waals surface area contributed by atoms with E-state index in [1.54, 1.807) is 11.1 Å². The second kappa shape index (κ2) is 5.87. The van der Waals surface area contributed by atoms with Crippen molar-refractivity contribution in [1.82, 2.24) is 0 Å². The van der Waals surface area contributed by atoms with E-state index >= 15 is 0 Å². The van der Waals surface area contributed by atoms with E-state index in [0.29, 0.717) is 0 Å². The van der Waals surface area contributed by atoms with Crippen LogP contribution in [0.25, 0.3) is 10.8 Å². The second-order valence-electron chi connectivity index (χ2n) is 4.08. The first kappa shape index (κ1) is 15.7. The van der Waals surface area contributed by atoms with Crippen molar-refractivity contribution in [3.63, 3.8) is 0 Å². The minimum Gasteiger partial charge on any atom is -0.358 e. The Balaban J connectivity index is 0.000000750. The Morgan fingerprint density at radius 1 is 1.06 bits per heavy atom. The van der Waals surface area contributed by atoms with Crippen molar-refractivity contribution in [2.75, 3.05) is 0 Å². The van der Waals surface area contributed by atoms with Crippen LogP contribution in [0.3, 0.4) is 0 Å². The van der Waals surface area contributed by atoms with Gasteiger partial charge in [0.05, 0.1) is 0 Å². The molecular weight excluding hydrogens is 271 g/mol. The summed E-state index contributed by atoms with van der Waals surface area (Å²) in [6.07, 6.45) is 3.92. The van der Waals surface area contributed by atoms with Crippen molar-refractivity contribution in [3.8, 4) is 0 Å². The summed E-state index contributed by atoms with van der Waals surface area (Å²) < 4.78 is 0. The van der Waals surface area contributed by atoms with Crippen LogP contribution in [-0.4, -0.2) is 0 Å². The monoisotopic (exact) mass is 289 g/mol. The Bertz CT molecular complexity index is 465. The normalized spacial score (nSPS) is 12.3. The van der Waals surface area contributed by atoms with Crippen molar-refractivity contribution >= 4 is 10.8 Å². The zero-order valence-corrected chi connectivity index (χ0v) is 12.9. The molecule has 0 bridgehead atoms. The van der Waals surface area contributed by atoms with Gasteiger partial charge in [0.15, 0.2) is 0 Å². The molecule has 0 aromatic heterocycles. The predicted molar refractivity (Wildman–Crippen MR) is 69.1 cm³/mol. The van der Waals surface area contributed by atoms with Crippen LogP contribution in [0.15, 0.2) is 24.3 Å². The molecule has 0 spiro atoms. The van der Waals surface area contributed by atoms with Crippen LogP contribution < -0.4 is 0 Å².